The number of amides is 1. The van der Waals surface area contributed by atoms with Gasteiger partial charge in [0, 0.05) is 18.7 Å². The van der Waals surface area contributed by atoms with Crippen LogP contribution in [-0.2, 0) is 4.74 Å². The van der Waals surface area contributed by atoms with Crippen molar-refractivity contribution in [2.75, 3.05) is 13.2 Å². The lowest BCUT2D eigenvalue weighted by molar-refractivity contribution is 0.0757. The predicted molar refractivity (Wildman–Crippen MR) is 83.3 cm³/mol. The lowest BCUT2D eigenvalue weighted by Gasteiger charge is -2.08. The average Bonchev–Trinajstić information content (AvgIpc) is 2.96. The highest BCUT2D eigenvalue weighted by molar-refractivity contribution is 7.08. The van der Waals surface area contributed by atoms with Crippen LogP contribution >= 0.6 is 11.5 Å². The Morgan fingerprint density at radius 2 is 2.09 bits per heavy atom. The Labute approximate surface area is 132 Å². The molecule has 0 radical (unpaired) electrons. The van der Waals surface area contributed by atoms with Crippen LogP contribution in [-0.4, -0.2) is 34.7 Å². The fourth-order valence-electron chi connectivity index (χ4n) is 1.81. The van der Waals surface area contributed by atoms with Crippen LogP contribution in [0.5, 0.6) is 0 Å². The fourth-order valence-corrected chi connectivity index (χ4v) is 2.41. The number of hydrogen-bond acceptors (Lipinski definition) is 5. The topological polar surface area (TPSA) is 64.1 Å². The summed E-state index contributed by atoms with van der Waals surface area (Å²) in [5, 5.41) is 6.78. The van der Waals surface area contributed by atoms with Crippen molar-refractivity contribution >= 4 is 17.4 Å². The zero-order valence-electron chi connectivity index (χ0n) is 12.5. The highest BCUT2D eigenvalue weighted by atomic mass is 32.1. The van der Waals surface area contributed by atoms with E-state index in [0.717, 1.165) is 18.0 Å². The predicted octanol–water partition coefficient (Wildman–Crippen LogP) is 2.89. The number of carbonyl (C=O) groups excluding carboxylic acids is 1. The van der Waals surface area contributed by atoms with Gasteiger partial charge in [0.2, 0.25) is 0 Å². The van der Waals surface area contributed by atoms with E-state index >= 15 is 0 Å². The van der Waals surface area contributed by atoms with E-state index in [4.69, 9.17) is 4.74 Å². The van der Waals surface area contributed by atoms with Crippen LogP contribution in [0.4, 0.5) is 4.39 Å². The Bertz CT molecular complexity index is 614. The smallest absolute Gasteiger partial charge is 0.265 e. The number of aromatic nitrogens is 2. The number of rotatable bonds is 7. The Kier molecular flexibility index (Phi) is 5.97. The molecule has 0 saturated carbocycles. The van der Waals surface area contributed by atoms with Crippen LogP contribution < -0.4 is 5.32 Å². The highest BCUT2D eigenvalue weighted by Crippen LogP contribution is 2.23. The molecule has 7 heteroatoms. The molecule has 0 aliphatic heterocycles. The highest BCUT2D eigenvalue weighted by Gasteiger charge is 2.17. The molecule has 22 heavy (non-hydrogen) atoms. The SMILES string of the molecule is CC(C)OCCCNC(=O)c1snnc1-c1ccc(F)cc1. The van der Waals surface area contributed by atoms with Gasteiger partial charge in [-0.25, -0.2) is 4.39 Å². The number of nitrogens with one attached hydrogen (secondary N) is 1. The second-order valence-electron chi connectivity index (χ2n) is 4.99. The maximum absolute atomic E-state index is 13.0. The van der Waals surface area contributed by atoms with Crippen molar-refractivity contribution in [3.05, 3.63) is 35.0 Å². The van der Waals surface area contributed by atoms with Crippen molar-refractivity contribution in [2.45, 2.75) is 26.4 Å². The second-order valence-corrected chi connectivity index (χ2v) is 5.74. The van der Waals surface area contributed by atoms with Gasteiger partial charge >= 0.3 is 0 Å². The van der Waals surface area contributed by atoms with Gasteiger partial charge < -0.3 is 10.1 Å². The Morgan fingerprint density at radius 1 is 1.36 bits per heavy atom. The maximum Gasteiger partial charge on any atom is 0.265 e. The summed E-state index contributed by atoms with van der Waals surface area (Å²) in [5.41, 5.74) is 1.14. The summed E-state index contributed by atoms with van der Waals surface area (Å²) in [6.45, 7) is 5.06. The van der Waals surface area contributed by atoms with Crippen LogP contribution in [0.1, 0.15) is 29.9 Å². The summed E-state index contributed by atoms with van der Waals surface area (Å²) in [6, 6.07) is 5.83. The monoisotopic (exact) mass is 323 g/mol. The number of benzene rings is 1. The van der Waals surface area contributed by atoms with Crippen LogP contribution in [0, 0.1) is 5.82 Å². The molecule has 0 atom stereocenters. The van der Waals surface area contributed by atoms with Crippen molar-refractivity contribution in [1.29, 1.82) is 0 Å². The van der Waals surface area contributed by atoms with Crippen molar-refractivity contribution in [3.63, 3.8) is 0 Å². The molecule has 0 aliphatic carbocycles. The van der Waals surface area contributed by atoms with Gasteiger partial charge in [0.1, 0.15) is 16.4 Å². The molecule has 2 rings (SSSR count). The van der Waals surface area contributed by atoms with Crippen molar-refractivity contribution in [1.82, 2.24) is 14.9 Å². The van der Waals surface area contributed by atoms with Gasteiger partial charge in [-0.2, -0.15) is 0 Å². The summed E-state index contributed by atoms with van der Waals surface area (Å²) >= 11 is 1.03. The lowest BCUT2D eigenvalue weighted by atomic mass is 10.1. The molecular formula is C15H18FN3O2S. The summed E-state index contributed by atoms with van der Waals surface area (Å²) in [4.78, 5) is 12.6. The third kappa shape index (κ3) is 4.57. The van der Waals surface area contributed by atoms with E-state index in [2.05, 4.69) is 14.9 Å². The molecule has 1 N–H and O–H groups in total. The first-order valence-corrected chi connectivity index (χ1v) is 7.83. The van der Waals surface area contributed by atoms with Crippen LogP contribution in [0.15, 0.2) is 24.3 Å². The zero-order chi connectivity index (χ0) is 15.9. The molecule has 0 aliphatic rings. The minimum atomic E-state index is -0.330. The minimum Gasteiger partial charge on any atom is -0.379 e. The first kappa shape index (κ1) is 16.5. The summed E-state index contributed by atoms with van der Waals surface area (Å²) < 4.78 is 22.2. The number of nitrogens with zero attached hydrogens (tertiary/aromatic N) is 2. The molecule has 0 saturated heterocycles. The zero-order valence-corrected chi connectivity index (χ0v) is 13.3. The lowest BCUT2D eigenvalue weighted by Crippen LogP contribution is -2.25. The van der Waals surface area contributed by atoms with E-state index in [-0.39, 0.29) is 17.8 Å². The number of hydrogen-bond donors (Lipinski definition) is 1. The van der Waals surface area contributed by atoms with Crippen LogP contribution in [0.2, 0.25) is 0 Å². The number of halogens is 1. The molecule has 1 heterocycles. The third-order valence-corrected chi connectivity index (χ3v) is 3.59. The average molecular weight is 323 g/mol. The van der Waals surface area contributed by atoms with Gasteiger partial charge in [-0.1, -0.05) is 4.49 Å². The largest absolute Gasteiger partial charge is 0.379 e. The van der Waals surface area contributed by atoms with Crippen LogP contribution in [0.25, 0.3) is 11.3 Å². The molecule has 2 aromatic rings. The molecule has 118 valence electrons. The minimum absolute atomic E-state index is 0.187. The van der Waals surface area contributed by atoms with E-state index in [1.807, 2.05) is 13.8 Å². The summed E-state index contributed by atoms with van der Waals surface area (Å²) in [7, 11) is 0. The number of carbonyl (C=O) groups is 1. The maximum atomic E-state index is 13.0. The van der Waals surface area contributed by atoms with Gasteiger partial charge in [-0.05, 0) is 56.1 Å². The molecule has 5 nitrogen and oxygen atoms in total. The molecule has 0 bridgehead atoms. The molecule has 0 fully saturated rings. The van der Waals surface area contributed by atoms with E-state index < -0.39 is 0 Å². The molecule has 0 unspecified atom stereocenters. The standard InChI is InChI=1S/C15H18FN3O2S/c1-10(2)21-9-3-8-17-15(20)14-13(18-19-22-14)11-4-6-12(16)7-5-11/h4-7,10H,3,8-9H2,1-2H3,(H,17,20). The summed E-state index contributed by atoms with van der Waals surface area (Å²) in [5.74, 6) is -0.554. The van der Waals surface area contributed by atoms with E-state index in [1.54, 1.807) is 12.1 Å². The second kappa shape index (κ2) is 7.95. The molecule has 1 amide bonds. The fraction of sp³-hybridized carbons (Fsp3) is 0.400. The first-order chi connectivity index (χ1) is 10.6. The molecular weight excluding hydrogens is 305 g/mol. The third-order valence-electron chi connectivity index (χ3n) is 2.87. The Balaban J connectivity index is 1.94. The van der Waals surface area contributed by atoms with Gasteiger partial charge in [0.05, 0.1) is 6.10 Å². The molecule has 1 aromatic carbocycles. The normalized spacial score (nSPS) is 10.9. The van der Waals surface area contributed by atoms with E-state index in [9.17, 15) is 9.18 Å². The number of ether oxygens (including phenoxy) is 1. The Hall–Kier alpha value is -1.86. The summed E-state index contributed by atoms with van der Waals surface area (Å²) in [6.07, 6.45) is 0.925. The molecule has 1 aromatic heterocycles. The quantitative estimate of drug-likeness (QED) is 0.796. The first-order valence-electron chi connectivity index (χ1n) is 7.06. The van der Waals surface area contributed by atoms with Gasteiger partial charge in [0.25, 0.3) is 5.91 Å². The van der Waals surface area contributed by atoms with Crippen molar-refractivity contribution < 1.29 is 13.9 Å². The van der Waals surface area contributed by atoms with E-state index in [0.29, 0.717) is 29.3 Å². The van der Waals surface area contributed by atoms with Crippen molar-refractivity contribution in [3.8, 4) is 11.3 Å². The Morgan fingerprint density at radius 3 is 2.77 bits per heavy atom. The van der Waals surface area contributed by atoms with Gasteiger partial charge in [-0.3, -0.25) is 4.79 Å². The van der Waals surface area contributed by atoms with Crippen molar-refractivity contribution in [2.24, 2.45) is 0 Å². The van der Waals surface area contributed by atoms with E-state index in [1.165, 1.54) is 12.1 Å². The van der Waals surface area contributed by atoms with Gasteiger partial charge in [0.15, 0.2) is 0 Å². The van der Waals surface area contributed by atoms with Crippen LogP contribution in [0.3, 0.4) is 0 Å². The van der Waals surface area contributed by atoms with Gasteiger partial charge in [-0.15, -0.1) is 5.10 Å². The molecule has 0 spiro atoms.